The molecule has 0 spiro atoms. The van der Waals surface area contributed by atoms with Crippen molar-refractivity contribution >= 4 is 28.5 Å². The zero-order valence-electron chi connectivity index (χ0n) is 14.3. The zero-order valence-corrected chi connectivity index (χ0v) is 15.1. The van der Waals surface area contributed by atoms with E-state index in [4.69, 9.17) is 9.72 Å². The number of nitrogens with zero attached hydrogens (tertiary/aromatic N) is 2. The highest BCUT2D eigenvalue weighted by atomic mass is 32.2. The van der Waals surface area contributed by atoms with Gasteiger partial charge in [-0.2, -0.15) is 0 Å². The largest absolute Gasteiger partial charge is 0.396 e. The highest BCUT2D eigenvalue weighted by Crippen LogP contribution is 2.42. The molecule has 4 rings (SSSR count). The zero-order chi connectivity index (χ0) is 16.7. The lowest BCUT2D eigenvalue weighted by atomic mass is 9.76. The van der Waals surface area contributed by atoms with Crippen molar-refractivity contribution in [2.75, 3.05) is 44.1 Å². The molecule has 3 heterocycles. The molecule has 2 saturated heterocycles. The van der Waals surface area contributed by atoms with Gasteiger partial charge in [0.15, 0.2) is 0 Å². The fourth-order valence-corrected chi connectivity index (χ4v) is 4.58. The molecule has 0 amide bonds. The molecule has 0 saturated carbocycles. The van der Waals surface area contributed by atoms with Crippen LogP contribution in [0.4, 0.5) is 5.82 Å². The normalized spacial score (nSPS) is 26.8. The lowest BCUT2D eigenvalue weighted by Gasteiger charge is -2.36. The summed E-state index contributed by atoms with van der Waals surface area (Å²) in [7, 11) is 0. The number of hydrogen-bond acceptors (Lipinski definition) is 5. The van der Waals surface area contributed by atoms with Gasteiger partial charge in [-0.1, -0.05) is 0 Å². The Hall–Kier alpha value is -1.30. The number of aliphatic hydroxyl groups is 1. The monoisotopic (exact) mass is 344 g/mol. The predicted octanol–water partition coefficient (Wildman–Crippen LogP) is 3.10. The van der Waals surface area contributed by atoms with Gasteiger partial charge in [0.2, 0.25) is 0 Å². The van der Waals surface area contributed by atoms with E-state index < -0.39 is 0 Å². The second-order valence-corrected chi connectivity index (χ2v) is 8.00. The number of aliphatic hydroxyl groups excluding tert-OH is 1. The van der Waals surface area contributed by atoms with Gasteiger partial charge in [-0.05, 0) is 55.3 Å². The molecule has 0 radical (unpaired) electrons. The minimum absolute atomic E-state index is 0.120. The second kappa shape index (κ2) is 6.21. The summed E-state index contributed by atoms with van der Waals surface area (Å²) in [6, 6.07) is 8.66. The smallest absolute Gasteiger partial charge is 0.129 e. The molecule has 1 aromatic carbocycles. The molecule has 0 aliphatic carbocycles. The third-order valence-electron chi connectivity index (χ3n) is 5.66. The lowest BCUT2D eigenvalue weighted by Crippen LogP contribution is -2.43. The van der Waals surface area contributed by atoms with Gasteiger partial charge >= 0.3 is 0 Å². The number of anilines is 1. The predicted molar refractivity (Wildman–Crippen MR) is 98.9 cm³/mol. The van der Waals surface area contributed by atoms with Crippen molar-refractivity contribution in [1.82, 2.24) is 4.98 Å². The van der Waals surface area contributed by atoms with Gasteiger partial charge < -0.3 is 14.7 Å². The Labute approximate surface area is 147 Å². The second-order valence-electron chi connectivity index (χ2n) is 7.12. The van der Waals surface area contributed by atoms with E-state index >= 15 is 0 Å². The van der Waals surface area contributed by atoms with Crippen molar-refractivity contribution < 1.29 is 9.84 Å². The van der Waals surface area contributed by atoms with Crippen molar-refractivity contribution in [1.29, 1.82) is 0 Å². The van der Waals surface area contributed by atoms with E-state index in [-0.39, 0.29) is 12.0 Å². The Balaban J connectivity index is 1.70. The van der Waals surface area contributed by atoms with Gasteiger partial charge in [-0.25, -0.2) is 4.98 Å². The number of aromatic nitrogens is 1. The van der Waals surface area contributed by atoms with Crippen LogP contribution in [0.2, 0.25) is 0 Å². The van der Waals surface area contributed by atoms with E-state index in [1.807, 2.05) is 0 Å². The molecule has 1 aromatic heterocycles. The van der Waals surface area contributed by atoms with E-state index in [0.717, 1.165) is 37.5 Å². The molecule has 0 bridgehead atoms. The summed E-state index contributed by atoms with van der Waals surface area (Å²) in [5.41, 5.74) is 2.19. The first-order valence-electron chi connectivity index (χ1n) is 8.54. The fourth-order valence-electron chi connectivity index (χ4n) is 4.14. The average molecular weight is 344 g/mol. The molecular formula is C19H24N2O2S. The van der Waals surface area contributed by atoms with E-state index in [0.29, 0.717) is 12.5 Å². The summed E-state index contributed by atoms with van der Waals surface area (Å²) >= 11 is 1.76. The van der Waals surface area contributed by atoms with Crippen LogP contribution >= 0.6 is 11.8 Å². The van der Waals surface area contributed by atoms with Crippen molar-refractivity contribution in [2.24, 2.45) is 11.3 Å². The van der Waals surface area contributed by atoms with Crippen LogP contribution in [0, 0.1) is 18.3 Å². The number of ether oxygens (including phenoxy) is 1. The summed E-state index contributed by atoms with van der Waals surface area (Å²) in [5, 5.41) is 11.2. The summed E-state index contributed by atoms with van der Waals surface area (Å²) < 4.78 is 5.67. The van der Waals surface area contributed by atoms with Crippen LogP contribution < -0.4 is 4.90 Å². The van der Waals surface area contributed by atoms with Gasteiger partial charge in [-0.3, -0.25) is 0 Å². The minimum atomic E-state index is -0.120. The fraction of sp³-hybridized carbons (Fsp3) is 0.526. The Morgan fingerprint density at radius 3 is 3.04 bits per heavy atom. The van der Waals surface area contributed by atoms with Crippen molar-refractivity contribution in [2.45, 2.75) is 18.2 Å². The summed E-state index contributed by atoms with van der Waals surface area (Å²) in [6.07, 6.45) is 3.13. The first-order chi connectivity index (χ1) is 11.6. The van der Waals surface area contributed by atoms with Crippen molar-refractivity contribution in [3.8, 4) is 0 Å². The van der Waals surface area contributed by atoms with Crippen molar-refractivity contribution in [3.63, 3.8) is 0 Å². The van der Waals surface area contributed by atoms with Crippen LogP contribution in [0.3, 0.4) is 0 Å². The highest BCUT2D eigenvalue weighted by Gasteiger charge is 2.48. The third kappa shape index (κ3) is 2.59. The number of rotatable bonds is 3. The molecule has 0 unspecified atom stereocenters. The first kappa shape index (κ1) is 16.2. The number of benzene rings is 1. The van der Waals surface area contributed by atoms with Crippen LogP contribution in [0.15, 0.2) is 29.2 Å². The molecule has 2 aliphatic heterocycles. The van der Waals surface area contributed by atoms with E-state index in [1.165, 1.54) is 15.8 Å². The topological polar surface area (TPSA) is 45.6 Å². The number of thioether (sulfide) groups is 1. The number of aryl methyl sites for hydroxylation is 1. The molecule has 1 N–H and O–H groups in total. The molecular weight excluding hydrogens is 320 g/mol. The molecule has 2 aliphatic rings. The summed E-state index contributed by atoms with van der Waals surface area (Å²) in [6.45, 7) is 5.61. The summed E-state index contributed by atoms with van der Waals surface area (Å²) in [5.74, 6) is 1.52. The Bertz CT molecular complexity index is 766. The Kier molecular flexibility index (Phi) is 4.19. The number of fused-ring (bicyclic) bond motifs is 2. The Morgan fingerprint density at radius 1 is 1.42 bits per heavy atom. The van der Waals surface area contributed by atoms with E-state index in [1.54, 1.807) is 11.8 Å². The standard InChI is InChI=1S/C19H24N2O2S/c1-13-7-18(20-17-4-3-15(24-2)8-16(13)17)21-9-14-5-6-23-12-19(14,10-21)11-22/h3-4,7-8,14,22H,5-6,9-12H2,1-2H3/t14-,19+/m0/s1. The van der Waals surface area contributed by atoms with Crippen molar-refractivity contribution in [3.05, 3.63) is 29.8 Å². The number of pyridine rings is 1. The van der Waals surface area contributed by atoms with Gasteiger partial charge in [-0.15, -0.1) is 11.8 Å². The molecule has 2 atom stereocenters. The maximum Gasteiger partial charge on any atom is 0.129 e. The molecule has 2 fully saturated rings. The Morgan fingerprint density at radius 2 is 2.29 bits per heavy atom. The van der Waals surface area contributed by atoms with Gasteiger partial charge in [0.1, 0.15) is 5.82 Å². The minimum Gasteiger partial charge on any atom is -0.396 e. The maximum absolute atomic E-state index is 9.97. The van der Waals surface area contributed by atoms with Gasteiger partial charge in [0.05, 0.1) is 18.7 Å². The average Bonchev–Trinajstić information content (AvgIpc) is 3.01. The lowest BCUT2D eigenvalue weighted by molar-refractivity contribution is -0.0543. The van der Waals surface area contributed by atoms with Crippen LogP contribution in [0.5, 0.6) is 0 Å². The molecule has 5 heteroatoms. The van der Waals surface area contributed by atoms with E-state index in [2.05, 4.69) is 42.3 Å². The highest BCUT2D eigenvalue weighted by molar-refractivity contribution is 7.98. The van der Waals surface area contributed by atoms with Crippen LogP contribution in [0.25, 0.3) is 10.9 Å². The maximum atomic E-state index is 9.97. The van der Waals surface area contributed by atoms with Crippen LogP contribution in [0.1, 0.15) is 12.0 Å². The molecule has 24 heavy (non-hydrogen) atoms. The quantitative estimate of drug-likeness (QED) is 0.867. The number of hydrogen-bond donors (Lipinski definition) is 1. The van der Waals surface area contributed by atoms with Gasteiger partial charge in [0, 0.05) is 35.4 Å². The van der Waals surface area contributed by atoms with E-state index in [9.17, 15) is 5.11 Å². The van der Waals surface area contributed by atoms with Crippen LogP contribution in [-0.2, 0) is 4.74 Å². The summed E-state index contributed by atoms with van der Waals surface area (Å²) in [4.78, 5) is 8.52. The van der Waals surface area contributed by atoms with Crippen LogP contribution in [-0.4, -0.2) is 49.3 Å². The molecule has 128 valence electrons. The third-order valence-corrected chi connectivity index (χ3v) is 6.39. The molecule has 2 aromatic rings. The first-order valence-corrected chi connectivity index (χ1v) is 9.77. The SMILES string of the molecule is CSc1ccc2nc(N3C[C@@H]4CCOC[C@]4(CO)C3)cc(C)c2c1. The van der Waals surface area contributed by atoms with Gasteiger partial charge in [0.25, 0.3) is 0 Å². The molecule has 4 nitrogen and oxygen atoms in total.